The predicted octanol–water partition coefficient (Wildman–Crippen LogP) is 6.19. The highest BCUT2D eigenvalue weighted by Gasteiger charge is 2.46. The number of benzene rings is 2. The van der Waals surface area contributed by atoms with Crippen LogP contribution in [0.4, 0.5) is 0 Å². The first-order chi connectivity index (χ1) is 14.6. The maximum atomic E-state index is 13.2. The van der Waals surface area contributed by atoms with Gasteiger partial charge in [0.1, 0.15) is 6.04 Å². The van der Waals surface area contributed by atoms with Crippen LogP contribution in [-0.2, 0) is 4.79 Å². The summed E-state index contributed by atoms with van der Waals surface area (Å²) >= 11 is 24.6. The van der Waals surface area contributed by atoms with Crippen LogP contribution in [0.3, 0.4) is 0 Å². The van der Waals surface area contributed by atoms with Gasteiger partial charge >= 0.3 is 0 Å². The van der Waals surface area contributed by atoms with Gasteiger partial charge in [-0.2, -0.15) is 0 Å². The van der Waals surface area contributed by atoms with E-state index in [1.165, 1.54) is 0 Å². The topological polar surface area (TPSA) is 66.5 Å². The van der Waals surface area contributed by atoms with E-state index in [1.807, 2.05) is 51.1 Å². The summed E-state index contributed by atoms with van der Waals surface area (Å²) in [5.41, 5.74) is 0.624. The maximum Gasteiger partial charge on any atom is 0.263 e. The minimum atomic E-state index is -1.05. The molecule has 1 aliphatic rings. The number of nitrogens with zero attached hydrogens (tertiary/aromatic N) is 1. The van der Waals surface area contributed by atoms with Gasteiger partial charge in [-0.05, 0) is 24.8 Å². The molecule has 9 heteroatoms. The molecule has 1 aliphatic heterocycles. The number of hydrogen-bond acceptors (Lipinski definition) is 3. The molecule has 164 valence electrons. The van der Waals surface area contributed by atoms with Crippen molar-refractivity contribution in [1.82, 2.24) is 10.2 Å². The van der Waals surface area contributed by atoms with Gasteiger partial charge in [0.25, 0.3) is 11.8 Å². The zero-order valence-electron chi connectivity index (χ0n) is 17.0. The summed E-state index contributed by atoms with van der Waals surface area (Å²) in [5.74, 6) is -1.88. The van der Waals surface area contributed by atoms with E-state index in [1.54, 1.807) is 0 Å². The van der Waals surface area contributed by atoms with E-state index in [0.29, 0.717) is 0 Å². The van der Waals surface area contributed by atoms with Crippen LogP contribution in [0.1, 0.15) is 59.5 Å². The Labute approximate surface area is 200 Å². The molecular formula is C22H20Cl4N2O3. The highest BCUT2D eigenvalue weighted by molar-refractivity contribution is 6.55. The largest absolute Gasteiger partial charge is 0.348 e. The molecule has 31 heavy (non-hydrogen) atoms. The Kier molecular flexibility index (Phi) is 7.21. The van der Waals surface area contributed by atoms with Gasteiger partial charge in [-0.25, -0.2) is 0 Å². The Morgan fingerprint density at radius 3 is 1.81 bits per heavy atom. The van der Waals surface area contributed by atoms with Crippen molar-refractivity contribution < 1.29 is 14.4 Å². The van der Waals surface area contributed by atoms with Crippen LogP contribution in [0.2, 0.25) is 20.1 Å². The first-order valence-corrected chi connectivity index (χ1v) is 11.2. The van der Waals surface area contributed by atoms with E-state index in [0.717, 1.165) is 10.5 Å². The van der Waals surface area contributed by atoms with E-state index in [-0.39, 0.29) is 49.6 Å². The lowest BCUT2D eigenvalue weighted by atomic mass is 10.0. The first kappa shape index (κ1) is 23.9. The minimum Gasteiger partial charge on any atom is -0.348 e. The molecule has 5 nitrogen and oxygen atoms in total. The summed E-state index contributed by atoms with van der Waals surface area (Å²) < 4.78 is 0. The molecule has 0 bridgehead atoms. The van der Waals surface area contributed by atoms with E-state index in [4.69, 9.17) is 46.4 Å². The quantitative estimate of drug-likeness (QED) is 0.291. The average molecular weight is 502 g/mol. The summed E-state index contributed by atoms with van der Waals surface area (Å²) in [6.07, 6.45) is 0.259. The van der Waals surface area contributed by atoms with Crippen molar-refractivity contribution in [3.8, 4) is 0 Å². The molecule has 1 heterocycles. The van der Waals surface area contributed by atoms with Gasteiger partial charge in [-0.3, -0.25) is 19.3 Å². The van der Waals surface area contributed by atoms with E-state index in [9.17, 15) is 14.4 Å². The fraction of sp³-hybridized carbons (Fsp3) is 0.318. The van der Waals surface area contributed by atoms with Crippen LogP contribution in [0.5, 0.6) is 0 Å². The predicted molar refractivity (Wildman–Crippen MR) is 123 cm³/mol. The molecule has 0 saturated carbocycles. The molecule has 2 aromatic carbocycles. The number of halogens is 4. The van der Waals surface area contributed by atoms with Crippen LogP contribution in [0.15, 0.2) is 30.3 Å². The van der Waals surface area contributed by atoms with Crippen LogP contribution >= 0.6 is 46.4 Å². The second-order valence-electron chi connectivity index (χ2n) is 7.77. The molecule has 0 spiro atoms. The fourth-order valence-corrected chi connectivity index (χ4v) is 4.57. The molecule has 2 aromatic rings. The van der Waals surface area contributed by atoms with E-state index < -0.39 is 23.8 Å². The molecule has 3 rings (SSSR count). The molecule has 3 amide bonds. The summed E-state index contributed by atoms with van der Waals surface area (Å²) in [5, 5.41) is 2.35. The zero-order chi connectivity index (χ0) is 23.0. The Bertz CT molecular complexity index is 1010. The fourth-order valence-electron chi connectivity index (χ4n) is 3.56. The summed E-state index contributed by atoms with van der Waals surface area (Å²) in [6.45, 7) is 5.62. The van der Waals surface area contributed by atoms with Gasteiger partial charge in [0.05, 0.1) is 37.3 Å². The molecule has 2 atom stereocenters. The highest BCUT2D eigenvalue weighted by Crippen LogP contribution is 2.45. The normalized spacial score (nSPS) is 15.3. The number of hydrogen-bond donors (Lipinski definition) is 1. The van der Waals surface area contributed by atoms with Gasteiger partial charge < -0.3 is 5.32 Å². The van der Waals surface area contributed by atoms with E-state index >= 15 is 0 Å². The van der Waals surface area contributed by atoms with Crippen molar-refractivity contribution in [2.24, 2.45) is 5.92 Å². The Balaban J connectivity index is 1.98. The SMILES string of the molecule is CC(C)C[C@H](C(=O)N[C@H](C)c1ccccc1)N1C(=O)c2c(Cl)c(Cl)c(Cl)c(Cl)c2C1=O. The number of carbonyl (C=O) groups excluding carboxylic acids is 3. The number of imide groups is 1. The average Bonchev–Trinajstić information content (AvgIpc) is 2.99. The molecule has 0 saturated heterocycles. The molecular weight excluding hydrogens is 482 g/mol. The summed E-state index contributed by atoms with van der Waals surface area (Å²) in [7, 11) is 0. The number of amides is 3. The Hall–Kier alpha value is -1.79. The van der Waals surface area contributed by atoms with Crippen LogP contribution < -0.4 is 5.32 Å². The van der Waals surface area contributed by atoms with Crippen molar-refractivity contribution >= 4 is 64.1 Å². The van der Waals surface area contributed by atoms with Gasteiger partial charge in [0, 0.05) is 0 Å². The Morgan fingerprint density at radius 2 is 1.35 bits per heavy atom. The molecule has 0 aromatic heterocycles. The van der Waals surface area contributed by atoms with Crippen LogP contribution in [0.25, 0.3) is 0 Å². The van der Waals surface area contributed by atoms with Crippen molar-refractivity contribution in [2.45, 2.75) is 39.3 Å². The summed E-state index contributed by atoms with van der Waals surface area (Å²) in [4.78, 5) is 40.5. The standard InChI is InChI=1S/C22H20Cl4N2O3/c1-10(2)9-13(20(29)27-11(3)12-7-5-4-6-8-12)28-21(30)14-15(22(28)31)17(24)19(26)18(25)16(14)23/h4-8,10-11,13H,9H2,1-3H3,(H,27,29)/t11-,13-/m1/s1. The van der Waals surface area contributed by atoms with Crippen LogP contribution in [-0.4, -0.2) is 28.7 Å². The third kappa shape index (κ3) is 4.42. The maximum absolute atomic E-state index is 13.2. The van der Waals surface area contributed by atoms with Crippen molar-refractivity contribution in [1.29, 1.82) is 0 Å². The second-order valence-corrected chi connectivity index (χ2v) is 9.28. The summed E-state index contributed by atoms with van der Waals surface area (Å²) in [6, 6.07) is 8.00. The van der Waals surface area contributed by atoms with Gasteiger partial charge in [-0.15, -0.1) is 0 Å². The Morgan fingerprint density at radius 1 is 0.871 bits per heavy atom. The molecule has 1 N–H and O–H groups in total. The lowest BCUT2D eigenvalue weighted by Crippen LogP contribution is -2.50. The van der Waals surface area contributed by atoms with E-state index in [2.05, 4.69) is 5.32 Å². The molecule has 0 aliphatic carbocycles. The molecule has 0 fully saturated rings. The monoisotopic (exact) mass is 500 g/mol. The lowest BCUT2D eigenvalue weighted by molar-refractivity contribution is -0.126. The molecule has 0 unspecified atom stereocenters. The first-order valence-electron chi connectivity index (χ1n) is 9.65. The van der Waals surface area contributed by atoms with Gasteiger partial charge in [-0.1, -0.05) is 90.6 Å². The van der Waals surface area contributed by atoms with Crippen molar-refractivity contribution in [3.05, 3.63) is 67.1 Å². The lowest BCUT2D eigenvalue weighted by Gasteiger charge is -2.28. The third-order valence-electron chi connectivity index (χ3n) is 5.10. The van der Waals surface area contributed by atoms with Crippen LogP contribution in [0, 0.1) is 5.92 Å². The number of carbonyl (C=O) groups is 3. The second kappa shape index (κ2) is 9.37. The zero-order valence-corrected chi connectivity index (χ0v) is 20.0. The third-order valence-corrected chi connectivity index (χ3v) is 6.90. The van der Waals surface area contributed by atoms with Gasteiger partial charge in [0.2, 0.25) is 5.91 Å². The number of fused-ring (bicyclic) bond motifs is 1. The minimum absolute atomic E-state index is 0.0187. The number of nitrogens with one attached hydrogen (secondary N) is 1. The number of rotatable bonds is 6. The van der Waals surface area contributed by atoms with Crippen molar-refractivity contribution in [3.63, 3.8) is 0 Å². The molecule has 0 radical (unpaired) electrons. The van der Waals surface area contributed by atoms with Crippen molar-refractivity contribution in [2.75, 3.05) is 0 Å². The highest BCUT2D eigenvalue weighted by atomic mass is 35.5. The van der Waals surface area contributed by atoms with Gasteiger partial charge in [0.15, 0.2) is 0 Å². The smallest absolute Gasteiger partial charge is 0.263 e.